The number of rotatable bonds is 5. The fourth-order valence-corrected chi connectivity index (χ4v) is 1.82. The molecule has 100 valence electrons. The van der Waals surface area contributed by atoms with Crippen LogP contribution in [-0.2, 0) is 11.2 Å². The van der Waals surface area contributed by atoms with E-state index >= 15 is 0 Å². The van der Waals surface area contributed by atoms with Crippen molar-refractivity contribution in [1.82, 2.24) is 15.2 Å². The summed E-state index contributed by atoms with van der Waals surface area (Å²) in [6, 6.07) is 7.81. The summed E-state index contributed by atoms with van der Waals surface area (Å²) in [7, 11) is 1.67. The Balaban J connectivity index is 2.25. The first-order valence-electron chi connectivity index (χ1n) is 5.60. The second kappa shape index (κ2) is 6.65. The molecule has 2 aromatic rings. The Morgan fingerprint density at radius 1 is 1.21 bits per heavy atom. The Hall–Kier alpha value is -1.43. The van der Waals surface area contributed by atoms with E-state index in [1.807, 2.05) is 24.3 Å². The molecule has 0 aliphatic carbocycles. The van der Waals surface area contributed by atoms with Crippen LogP contribution in [0.1, 0.15) is 5.56 Å². The maximum absolute atomic E-state index is 5.92. The fraction of sp³-hybridized carbons (Fsp3) is 0.250. The molecule has 0 aliphatic heterocycles. The summed E-state index contributed by atoms with van der Waals surface area (Å²) >= 11 is 11.6. The van der Waals surface area contributed by atoms with E-state index in [9.17, 15) is 0 Å². The highest BCUT2D eigenvalue weighted by Crippen LogP contribution is 2.24. The summed E-state index contributed by atoms with van der Waals surface area (Å²) in [6.45, 7) is 0.634. The Bertz CT molecular complexity index is 565. The summed E-state index contributed by atoms with van der Waals surface area (Å²) in [5.41, 5.74) is 1.98. The zero-order valence-corrected chi connectivity index (χ0v) is 11.7. The first kappa shape index (κ1) is 14.0. The maximum atomic E-state index is 5.92. The van der Waals surface area contributed by atoms with Gasteiger partial charge < -0.3 is 10.1 Å². The number of methoxy groups -OCH3 is 1. The van der Waals surface area contributed by atoms with Crippen LogP contribution in [0.5, 0.6) is 0 Å². The maximum Gasteiger partial charge on any atom is 0.245 e. The lowest BCUT2D eigenvalue weighted by Gasteiger charge is -2.11. The van der Waals surface area contributed by atoms with Crippen LogP contribution in [0, 0.1) is 0 Å². The van der Waals surface area contributed by atoms with E-state index in [2.05, 4.69) is 20.5 Å². The molecule has 0 saturated carbocycles. The van der Waals surface area contributed by atoms with Gasteiger partial charge in [-0.2, -0.15) is 4.98 Å². The lowest BCUT2D eigenvalue weighted by molar-refractivity contribution is 0.202. The molecule has 19 heavy (non-hydrogen) atoms. The second-order valence-corrected chi connectivity index (χ2v) is 4.44. The molecule has 5 nitrogen and oxygen atoms in total. The SMILES string of the molecule is COCCc1ccccc1Nc1nc(Cl)nnc1Cl. The number of halogens is 2. The highest BCUT2D eigenvalue weighted by molar-refractivity contribution is 6.32. The van der Waals surface area contributed by atoms with Crippen LogP contribution in [0.4, 0.5) is 11.5 Å². The van der Waals surface area contributed by atoms with E-state index in [1.54, 1.807) is 7.11 Å². The average Bonchev–Trinajstić information content (AvgIpc) is 2.42. The fourth-order valence-electron chi connectivity index (χ4n) is 1.57. The van der Waals surface area contributed by atoms with E-state index in [0.717, 1.165) is 17.7 Å². The van der Waals surface area contributed by atoms with Gasteiger partial charge in [0.25, 0.3) is 0 Å². The molecule has 1 aromatic carbocycles. The van der Waals surface area contributed by atoms with E-state index in [1.165, 1.54) is 0 Å². The van der Waals surface area contributed by atoms with Crippen molar-refractivity contribution in [2.45, 2.75) is 6.42 Å². The summed E-state index contributed by atoms with van der Waals surface area (Å²) in [5.74, 6) is 0.381. The standard InChI is InChI=1S/C12H12Cl2N4O/c1-19-7-6-8-4-2-3-5-9(8)15-11-10(13)17-18-12(14)16-11/h2-5H,6-7H2,1H3,(H,15,16,18). The molecule has 0 unspecified atom stereocenters. The van der Waals surface area contributed by atoms with Gasteiger partial charge in [-0.15, -0.1) is 10.2 Å². The molecule has 0 aliphatic rings. The van der Waals surface area contributed by atoms with E-state index in [0.29, 0.717) is 12.4 Å². The normalized spacial score (nSPS) is 10.5. The Morgan fingerprint density at radius 3 is 2.79 bits per heavy atom. The number of benzene rings is 1. The van der Waals surface area contributed by atoms with E-state index < -0.39 is 0 Å². The number of nitrogens with one attached hydrogen (secondary N) is 1. The number of anilines is 2. The summed E-state index contributed by atoms with van der Waals surface area (Å²) in [5, 5.41) is 10.6. The lowest BCUT2D eigenvalue weighted by Crippen LogP contribution is -2.03. The smallest absolute Gasteiger partial charge is 0.245 e. The highest BCUT2D eigenvalue weighted by atomic mass is 35.5. The van der Waals surface area contributed by atoms with Gasteiger partial charge in [0.2, 0.25) is 5.28 Å². The van der Waals surface area contributed by atoms with Crippen molar-refractivity contribution in [3.63, 3.8) is 0 Å². The molecule has 0 amide bonds. The van der Waals surface area contributed by atoms with Crippen LogP contribution in [-0.4, -0.2) is 28.9 Å². The lowest BCUT2D eigenvalue weighted by atomic mass is 10.1. The van der Waals surface area contributed by atoms with Crippen molar-refractivity contribution >= 4 is 34.7 Å². The predicted octanol–water partition coefficient (Wildman–Crippen LogP) is 3.11. The van der Waals surface area contributed by atoms with Gasteiger partial charge >= 0.3 is 0 Å². The molecule has 0 fully saturated rings. The van der Waals surface area contributed by atoms with Gasteiger partial charge in [-0.3, -0.25) is 0 Å². The van der Waals surface area contributed by atoms with Crippen LogP contribution < -0.4 is 5.32 Å². The summed E-state index contributed by atoms with van der Waals surface area (Å²) < 4.78 is 5.08. The molecular weight excluding hydrogens is 287 g/mol. The number of ether oxygens (including phenoxy) is 1. The van der Waals surface area contributed by atoms with Crippen LogP contribution in [0.2, 0.25) is 10.4 Å². The zero-order chi connectivity index (χ0) is 13.7. The first-order valence-corrected chi connectivity index (χ1v) is 6.36. The van der Waals surface area contributed by atoms with E-state index in [-0.39, 0.29) is 10.4 Å². The van der Waals surface area contributed by atoms with Crippen LogP contribution >= 0.6 is 23.2 Å². The van der Waals surface area contributed by atoms with Crippen molar-refractivity contribution in [3.8, 4) is 0 Å². The molecular formula is C12H12Cl2N4O. The van der Waals surface area contributed by atoms with Gasteiger partial charge in [0.05, 0.1) is 6.61 Å². The minimum absolute atomic E-state index is 0.0428. The van der Waals surface area contributed by atoms with Gasteiger partial charge in [0.15, 0.2) is 11.0 Å². The van der Waals surface area contributed by atoms with Gasteiger partial charge in [0.1, 0.15) is 0 Å². The first-order chi connectivity index (χ1) is 9.20. The average molecular weight is 299 g/mol. The monoisotopic (exact) mass is 298 g/mol. The quantitative estimate of drug-likeness (QED) is 0.919. The Morgan fingerprint density at radius 2 is 2.00 bits per heavy atom. The molecule has 0 saturated heterocycles. The molecule has 0 atom stereocenters. The zero-order valence-electron chi connectivity index (χ0n) is 10.2. The number of nitrogens with zero attached hydrogens (tertiary/aromatic N) is 3. The van der Waals surface area contributed by atoms with E-state index in [4.69, 9.17) is 27.9 Å². The molecule has 0 bridgehead atoms. The molecule has 1 aromatic heterocycles. The summed E-state index contributed by atoms with van der Waals surface area (Å²) in [4.78, 5) is 4.01. The topological polar surface area (TPSA) is 59.9 Å². The molecule has 7 heteroatoms. The van der Waals surface area contributed by atoms with Crippen LogP contribution in [0.25, 0.3) is 0 Å². The highest BCUT2D eigenvalue weighted by Gasteiger charge is 2.08. The predicted molar refractivity (Wildman–Crippen MR) is 75.2 cm³/mol. The minimum Gasteiger partial charge on any atom is -0.384 e. The van der Waals surface area contributed by atoms with Gasteiger partial charge in [-0.1, -0.05) is 29.8 Å². The minimum atomic E-state index is 0.0428. The van der Waals surface area contributed by atoms with Crippen molar-refractivity contribution in [3.05, 3.63) is 40.3 Å². The Labute approximate surface area is 120 Å². The van der Waals surface area contributed by atoms with Crippen LogP contribution in [0.3, 0.4) is 0 Å². The Kier molecular flexibility index (Phi) is 4.90. The van der Waals surface area contributed by atoms with Crippen LogP contribution in [0.15, 0.2) is 24.3 Å². The third-order valence-corrected chi connectivity index (χ3v) is 2.88. The summed E-state index contributed by atoms with van der Waals surface area (Å²) in [6.07, 6.45) is 0.781. The van der Waals surface area contributed by atoms with Crippen molar-refractivity contribution in [2.75, 3.05) is 19.0 Å². The van der Waals surface area contributed by atoms with Gasteiger partial charge in [-0.25, -0.2) is 0 Å². The third kappa shape index (κ3) is 3.76. The van der Waals surface area contributed by atoms with Gasteiger partial charge in [-0.05, 0) is 29.7 Å². The van der Waals surface area contributed by atoms with Crippen molar-refractivity contribution in [1.29, 1.82) is 0 Å². The number of para-hydroxylation sites is 1. The number of hydrogen-bond donors (Lipinski definition) is 1. The second-order valence-electron chi connectivity index (χ2n) is 3.75. The van der Waals surface area contributed by atoms with Crippen molar-refractivity contribution < 1.29 is 4.74 Å². The third-order valence-electron chi connectivity index (χ3n) is 2.47. The molecule has 1 N–H and O–H groups in total. The number of aromatic nitrogens is 3. The largest absolute Gasteiger partial charge is 0.384 e. The number of hydrogen-bond acceptors (Lipinski definition) is 5. The van der Waals surface area contributed by atoms with Gasteiger partial charge in [0, 0.05) is 12.8 Å². The molecule has 0 spiro atoms. The molecule has 2 rings (SSSR count). The van der Waals surface area contributed by atoms with Crippen molar-refractivity contribution in [2.24, 2.45) is 0 Å². The molecule has 1 heterocycles. The molecule has 0 radical (unpaired) electrons.